The number of carboxylic acid groups (broad SMARTS) is 1. The van der Waals surface area contributed by atoms with E-state index in [9.17, 15) is 9.90 Å². The van der Waals surface area contributed by atoms with Crippen molar-refractivity contribution in [3.05, 3.63) is 29.8 Å². The minimum atomic E-state index is -0.788. The summed E-state index contributed by atoms with van der Waals surface area (Å²) >= 11 is 0. The van der Waals surface area contributed by atoms with Crippen molar-refractivity contribution < 1.29 is 9.90 Å². The molecule has 1 atom stereocenters. The molecule has 1 aliphatic rings. The van der Waals surface area contributed by atoms with E-state index in [-0.39, 0.29) is 6.04 Å². The topological polar surface area (TPSA) is 52.6 Å². The number of hydrazine groups is 1. The largest absolute Gasteiger partial charge is 0.480 e. The standard InChI is InChI=1S/C12H16N2O2/c1-8(2)13-14-10-6-4-3-5-9(10)7-11(14)12(15)16/h3-6,8,11,13H,7H2,1-2H3,(H,15,16). The van der Waals surface area contributed by atoms with Crippen LogP contribution in [-0.2, 0) is 11.2 Å². The third kappa shape index (κ3) is 1.88. The molecule has 0 fully saturated rings. The monoisotopic (exact) mass is 220 g/mol. The number of rotatable bonds is 3. The summed E-state index contributed by atoms with van der Waals surface area (Å²) in [6.45, 7) is 4.00. The molecule has 4 heteroatoms. The first-order valence-electron chi connectivity index (χ1n) is 5.45. The van der Waals surface area contributed by atoms with Gasteiger partial charge in [0.05, 0.1) is 5.69 Å². The maximum absolute atomic E-state index is 11.2. The lowest BCUT2D eigenvalue weighted by molar-refractivity contribution is -0.138. The Kier molecular flexibility index (Phi) is 2.83. The first-order valence-corrected chi connectivity index (χ1v) is 5.45. The van der Waals surface area contributed by atoms with Crippen LogP contribution in [0, 0.1) is 0 Å². The van der Waals surface area contributed by atoms with E-state index in [0.29, 0.717) is 6.42 Å². The highest BCUT2D eigenvalue weighted by atomic mass is 16.4. The first-order chi connectivity index (χ1) is 7.59. The molecular formula is C12H16N2O2. The van der Waals surface area contributed by atoms with Gasteiger partial charge in [-0.1, -0.05) is 18.2 Å². The number of carboxylic acids is 1. The molecule has 0 spiro atoms. The summed E-state index contributed by atoms with van der Waals surface area (Å²) in [6.07, 6.45) is 0.561. The fourth-order valence-electron chi connectivity index (χ4n) is 2.02. The van der Waals surface area contributed by atoms with Crippen LogP contribution in [0.2, 0.25) is 0 Å². The average Bonchev–Trinajstić information content (AvgIpc) is 2.57. The van der Waals surface area contributed by atoms with Crippen molar-refractivity contribution >= 4 is 11.7 Å². The van der Waals surface area contributed by atoms with E-state index >= 15 is 0 Å². The lowest BCUT2D eigenvalue weighted by Crippen LogP contribution is -2.50. The van der Waals surface area contributed by atoms with Crippen molar-refractivity contribution in [3.63, 3.8) is 0 Å². The molecule has 0 aliphatic carbocycles. The van der Waals surface area contributed by atoms with Gasteiger partial charge < -0.3 is 5.11 Å². The predicted octanol–water partition coefficient (Wildman–Crippen LogP) is 1.42. The summed E-state index contributed by atoms with van der Waals surface area (Å²) < 4.78 is 0. The Morgan fingerprint density at radius 1 is 1.50 bits per heavy atom. The van der Waals surface area contributed by atoms with Crippen LogP contribution < -0.4 is 10.4 Å². The Balaban J connectivity index is 2.32. The number of hydrogen-bond donors (Lipinski definition) is 2. The molecule has 16 heavy (non-hydrogen) atoms. The lowest BCUT2D eigenvalue weighted by Gasteiger charge is -2.27. The van der Waals surface area contributed by atoms with Crippen molar-refractivity contribution in [2.24, 2.45) is 0 Å². The molecule has 0 aromatic heterocycles. The number of benzene rings is 1. The van der Waals surface area contributed by atoms with Crippen molar-refractivity contribution in [2.45, 2.75) is 32.4 Å². The van der Waals surface area contributed by atoms with E-state index in [1.54, 1.807) is 5.01 Å². The molecule has 1 aromatic rings. The minimum absolute atomic E-state index is 0.216. The third-order valence-electron chi connectivity index (χ3n) is 2.66. The smallest absolute Gasteiger partial charge is 0.328 e. The van der Waals surface area contributed by atoms with Gasteiger partial charge in [0, 0.05) is 12.5 Å². The van der Waals surface area contributed by atoms with E-state index in [2.05, 4.69) is 5.43 Å². The summed E-state index contributed by atoms with van der Waals surface area (Å²) in [6, 6.07) is 7.52. The normalized spacial score (nSPS) is 18.9. The molecule has 1 aromatic carbocycles. The second-order valence-corrected chi connectivity index (χ2v) is 4.34. The number of fused-ring (bicyclic) bond motifs is 1. The quantitative estimate of drug-likeness (QED) is 0.808. The molecule has 0 radical (unpaired) electrons. The van der Waals surface area contributed by atoms with Crippen LogP contribution >= 0.6 is 0 Å². The molecule has 4 nitrogen and oxygen atoms in total. The number of aliphatic carboxylic acids is 1. The van der Waals surface area contributed by atoms with Gasteiger partial charge in [-0.15, -0.1) is 0 Å². The van der Waals surface area contributed by atoms with Gasteiger partial charge in [-0.05, 0) is 25.5 Å². The SMILES string of the molecule is CC(C)NN1c2ccccc2CC1C(=O)O. The number of carbonyl (C=O) groups is 1. The fraction of sp³-hybridized carbons (Fsp3) is 0.417. The Labute approximate surface area is 94.9 Å². The Hall–Kier alpha value is -1.55. The van der Waals surface area contributed by atoms with Crippen LogP contribution in [-0.4, -0.2) is 23.2 Å². The highest BCUT2D eigenvalue weighted by Gasteiger charge is 2.34. The second-order valence-electron chi connectivity index (χ2n) is 4.34. The minimum Gasteiger partial charge on any atom is -0.480 e. The molecule has 1 aliphatic heterocycles. The van der Waals surface area contributed by atoms with Crippen molar-refractivity contribution in [1.29, 1.82) is 0 Å². The molecule has 86 valence electrons. The number of nitrogens with one attached hydrogen (secondary N) is 1. The molecule has 0 saturated carbocycles. The van der Waals surface area contributed by atoms with Gasteiger partial charge in [0.25, 0.3) is 0 Å². The maximum atomic E-state index is 11.2. The summed E-state index contributed by atoms with van der Waals surface area (Å²) in [5.41, 5.74) is 5.24. The van der Waals surface area contributed by atoms with Crippen LogP contribution in [0.25, 0.3) is 0 Å². The van der Waals surface area contributed by atoms with Gasteiger partial charge in [-0.25, -0.2) is 10.2 Å². The maximum Gasteiger partial charge on any atom is 0.328 e. The Morgan fingerprint density at radius 3 is 2.81 bits per heavy atom. The summed E-state index contributed by atoms with van der Waals surface area (Å²) in [5.74, 6) is -0.788. The van der Waals surface area contributed by atoms with Gasteiger partial charge >= 0.3 is 5.97 Å². The highest BCUT2D eigenvalue weighted by Crippen LogP contribution is 2.30. The molecule has 1 heterocycles. The summed E-state index contributed by atoms with van der Waals surface area (Å²) in [5, 5.41) is 11.0. The van der Waals surface area contributed by atoms with Gasteiger partial charge in [-0.3, -0.25) is 5.01 Å². The molecule has 0 bridgehead atoms. The zero-order chi connectivity index (χ0) is 11.7. The van der Waals surface area contributed by atoms with Crippen LogP contribution in [0.3, 0.4) is 0 Å². The average molecular weight is 220 g/mol. The van der Waals surface area contributed by atoms with Gasteiger partial charge in [0.1, 0.15) is 6.04 Å². The Morgan fingerprint density at radius 2 is 2.19 bits per heavy atom. The van der Waals surface area contributed by atoms with E-state index in [1.165, 1.54) is 0 Å². The first kappa shape index (κ1) is 11.0. The molecule has 2 N–H and O–H groups in total. The van der Waals surface area contributed by atoms with Gasteiger partial charge in [-0.2, -0.15) is 0 Å². The van der Waals surface area contributed by atoms with Gasteiger partial charge in [0.2, 0.25) is 0 Å². The van der Waals surface area contributed by atoms with Crippen molar-refractivity contribution in [2.75, 3.05) is 5.01 Å². The third-order valence-corrected chi connectivity index (χ3v) is 2.66. The van der Waals surface area contributed by atoms with Crippen LogP contribution in [0.1, 0.15) is 19.4 Å². The zero-order valence-corrected chi connectivity index (χ0v) is 9.47. The van der Waals surface area contributed by atoms with E-state index in [0.717, 1.165) is 11.3 Å². The van der Waals surface area contributed by atoms with E-state index < -0.39 is 12.0 Å². The van der Waals surface area contributed by atoms with Crippen LogP contribution in [0.5, 0.6) is 0 Å². The van der Waals surface area contributed by atoms with E-state index in [4.69, 9.17) is 0 Å². The molecule has 0 saturated heterocycles. The number of nitrogens with zero attached hydrogens (tertiary/aromatic N) is 1. The summed E-state index contributed by atoms with van der Waals surface area (Å²) in [4.78, 5) is 11.2. The zero-order valence-electron chi connectivity index (χ0n) is 9.47. The molecule has 0 amide bonds. The molecule has 2 rings (SSSR count). The Bertz CT molecular complexity index is 404. The van der Waals surface area contributed by atoms with Crippen molar-refractivity contribution in [3.8, 4) is 0 Å². The fourth-order valence-corrected chi connectivity index (χ4v) is 2.02. The van der Waals surface area contributed by atoms with Crippen LogP contribution in [0.15, 0.2) is 24.3 Å². The number of para-hydroxylation sites is 1. The second kappa shape index (κ2) is 4.14. The molecular weight excluding hydrogens is 204 g/mol. The van der Waals surface area contributed by atoms with Gasteiger partial charge in [0.15, 0.2) is 0 Å². The summed E-state index contributed by atoms with van der Waals surface area (Å²) in [7, 11) is 0. The predicted molar refractivity (Wildman–Crippen MR) is 62.3 cm³/mol. The number of anilines is 1. The van der Waals surface area contributed by atoms with E-state index in [1.807, 2.05) is 38.1 Å². The lowest BCUT2D eigenvalue weighted by atomic mass is 10.1. The van der Waals surface area contributed by atoms with Crippen LogP contribution in [0.4, 0.5) is 5.69 Å². The molecule has 1 unspecified atom stereocenters. The van der Waals surface area contributed by atoms with Crippen molar-refractivity contribution in [1.82, 2.24) is 5.43 Å². The number of hydrogen-bond acceptors (Lipinski definition) is 3. The highest BCUT2D eigenvalue weighted by molar-refractivity contribution is 5.82.